The van der Waals surface area contributed by atoms with E-state index in [1.807, 2.05) is 0 Å². The van der Waals surface area contributed by atoms with E-state index < -0.39 is 27.6 Å². The van der Waals surface area contributed by atoms with Crippen molar-refractivity contribution in [2.24, 2.45) is 5.73 Å². The summed E-state index contributed by atoms with van der Waals surface area (Å²) in [6.07, 6.45) is 1.04. The lowest BCUT2D eigenvalue weighted by molar-refractivity contribution is 0.100. The molecule has 0 radical (unpaired) electrons. The van der Waals surface area contributed by atoms with Gasteiger partial charge in [-0.3, -0.25) is 9.52 Å². The number of carbonyl (C=O) groups excluding carboxylic acids is 1. The van der Waals surface area contributed by atoms with Crippen LogP contribution in [0, 0.1) is 11.6 Å². The molecule has 176 valence electrons. The zero-order chi connectivity index (χ0) is 24.8. The van der Waals surface area contributed by atoms with Crippen molar-refractivity contribution in [1.82, 2.24) is 0 Å². The molecule has 1 aromatic heterocycles. The number of thiophene rings is 1. The van der Waals surface area contributed by atoms with E-state index in [0.29, 0.717) is 37.6 Å². The molecule has 1 amide bonds. The van der Waals surface area contributed by atoms with Crippen LogP contribution in [0.25, 0.3) is 21.2 Å². The Morgan fingerprint density at radius 1 is 1.09 bits per heavy atom. The van der Waals surface area contributed by atoms with Gasteiger partial charge in [0.15, 0.2) is 0 Å². The molecule has 0 aliphatic carbocycles. The number of sulfonamides is 1. The van der Waals surface area contributed by atoms with Gasteiger partial charge in [0.1, 0.15) is 16.5 Å². The Morgan fingerprint density at radius 2 is 1.82 bits per heavy atom. The molecule has 0 aliphatic heterocycles. The van der Waals surface area contributed by atoms with Gasteiger partial charge in [0.25, 0.3) is 5.91 Å². The highest BCUT2D eigenvalue weighted by molar-refractivity contribution is 7.92. The molecule has 0 saturated carbocycles. The van der Waals surface area contributed by atoms with Crippen molar-refractivity contribution in [2.75, 3.05) is 22.9 Å². The average molecular weight is 522 g/mol. The van der Waals surface area contributed by atoms with Crippen LogP contribution in [-0.4, -0.2) is 27.6 Å². The number of fused-ring (bicyclic) bond motifs is 1. The highest BCUT2D eigenvalue weighted by atomic mass is 35.5. The van der Waals surface area contributed by atoms with Crippen LogP contribution in [0.3, 0.4) is 0 Å². The van der Waals surface area contributed by atoms with Gasteiger partial charge in [-0.2, -0.15) is 0 Å². The van der Waals surface area contributed by atoms with Crippen LogP contribution in [0.4, 0.5) is 25.8 Å². The van der Waals surface area contributed by atoms with Crippen molar-refractivity contribution >= 4 is 66.0 Å². The summed E-state index contributed by atoms with van der Waals surface area (Å²) in [7, 11) is -1.93. The first-order valence-electron chi connectivity index (χ1n) is 9.77. The summed E-state index contributed by atoms with van der Waals surface area (Å²) in [6, 6.07) is 13.0. The molecular formula is C23H18ClF2N3O3S2. The van der Waals surface area contributed by atoms with E-state index in [0.717, 1.165) is 29.7 Å². The molecule has 3 aromatic carbocycles. The highest BCUT2D eigenvalue weighted by Crippen LogP contribution is 2.42. The molecule has 0 aliphatic rings. The number of hydrogen-bond donors (Lipinski definition) is 2. The maximum atomic E-state index is 14.4. The second kappa shape index (κ2) is 8.86. The van der Waals surface area contributed by atoms with Crippen molar-refractivity contribution in [2.45, 2.75) is 0 Å². The summed E-state index contributed by atoms with van der Waals surface area (Å²) in [4.78, 5) is 14.0. The van der Waals surface area contributed by atoms with Gasteiger partial charge in [-0.15, -0.1) is 11.3 Å². The van der Waals surface area contributed by atoms with E-state index in [1.165, 1.54) is 11.0 Å². The number of halogens is 3. The Hall–Kier alpha value is -3.21. The highest BCUT2D eigenvalue weighted by Gasteiger charge is 2.21. The van der Waals surface area contributed by atoms with Gasteiger partial charge < -0.3 is 10.6 Å². The number of hydrogen-bond acceptors (Lipinski definition) is 5. The first-order chi connectivity index (χ1) is 15.9. The molecule has 11 heteroatoms. The molecule has 4 aromatic rings. The normalized spacial score (nSPS) is 11.6. The molecule has 3 N–H and O–H groups in total. The molecule has 0 spiro atoms. The van der Waals surface area contributed by atoms with Gasteiger partial charge in [0, 0.05) is 45.2 Å². The van der Waals surface area contributed by atoms with E-state index in [4.69, 9.17) is 17.3 Å². The quantitative estimate of drug-likeness (QED) is 0.338. The van der Waals surface area contributed by atoms with Crippen LogP contribution in [0.2, 0.25) is 5.02 Å². The number of nitrogens with one attached hydrogen (secondary N) is 1. The smallest absolute Gasteiger partial charge is 0.259 e. The van der Waals surface area contributed by atoms with E-state index in [9.17, 15) is 22.0 Å². The van der Waals surface area contributed by atoms with E-state index in [1.54, 1.807) is 43.4 Å². The van der Waals surface area contributed by atoms with Crippen molar-refractivity contribution in [3.8, 4) is 11.1 Å². The number of amides is 1. The molecule has 1 heterocycles. The van der Waals surface area contributed by atoms with Crippen LogP contribution in [0.1, 0.15) is 9.67 Å². The number of nitrogens with zero attached hydrogens (tertiary/aromatic N) is 1. The van der Waals surface area contributed by atoms with E-state index >= 15 is 0 Å². The zero-order valence-corrected chi connectivity index (χ0v) is 20.3. The maximum absolute atomic E-state index is 14.4. The molecule has 0 fully saturated rings. The fourth-order valence-corrected chi connectivity index (χ4v) is 5.48. The largest absolute Gasteiger partial charge is 0.365 e. The van der Waals surface area contributed by atoms with Crippen LogP contribution in [-0.2, 0) is 10.0 Å². The van der Waals surface area contributed by atoms with Crippen molar-refractivity contribution in [3.63, 3.8) is 0 Å². The van der Waals surface area contributed by atoms with Crippen LogP contribution >= 0.6 is 22.9 Å². The van der Waals surface area contributed by atoms with Crippen LogP contribution in [0.15, 0.2) is 54.6 Å². The first kappa shape index (κ1) is 23.9. The van der Waals surface area contributed by atoms with Crippen LogP contribution in [0.5, 0.6) is 0 Å². The molecule has 0 atom stereocenters. The predicted molar refractivity (Wildman–Crippen MR) is 134 cm³/mol. The molecule has 0 saturated heterocycles. The summed E-state index contributed by atoms with van der Waals surface area (Å²) < 4.78 is 54.3. The molecule has 4 rings (SSSR count). The summed E-state index contributed by atoms with van der Waals surface area (Å²) in [5.41, 5.74) is 7.57. The molecular weight excluding hydrogens is 504 g/mol. The Morgan fingerprint density at radius 3 is 2.47 bits per heavy atom. The summed E-state index contributed by atoms with van der Waals surface area (Å²) in [6.45, 7) is 0. The van der Waals surface area contributed by atoms with Crippen molar-refractivity contribution in [1.29, 1.82) is 0 Å². The summed E-state index contributed by atoms with van der Waals surface area (Å²) in [5, 5.41) is 0.901. The standard InChI is InChI=1S/C23H18ClF2N3O3S2/c1-29(19-5-3-14(25)10-18(19)26)16-8-12(7-13(24)9-16)21-17-11-15(28-34(2,31)32)4-6-20(17)33-22(21)23(27)30/h3-11,28H,1-2H3,(H2,27,30). The van der Waals surface area contributed by atoms with E-state index in [2.05, 4.69) is 4.72 Å². The second-order valence-electron chi connectivity index (χ2n) is 7.61. The van der Waals surface area contributed by atoms with Crippen molar-refractivity contribution < 1.29 is 22.0 Å². The lowest BCUT2D eigenvalue weighted by Crippen LogP contribution is -2.12. The number of nitrogens with two attached hydrogens (primary N) is 1. The van der Waals surface area contributed by atoms with Gasteiger partial charge in [-0.1, -0.05) is 11.6 Å². The monoisotopic (exact) mass is 521 g/mol. The summed E-state index contributed by atoms with van der Waals surface area (Å²) in [5.74, 6) is -2.11. The lowest BCUT2D eigenvalue weighted by atomic mass is 10.0. The second-order valence-corrected chi connectivity index (χ2v) is 10.8. The third kappa shape index (κ3) is 4.84. The molecule has 6 nitrogen and oxygen atoms in total. The number of rotatable bonds is 6. The van der Waals surface area contributed by atoms with Gasteiger partial charge in [-0.25, -0.2) is 17.2 Å². The van der Waals surface area contributed by atoms with Gasteiger partial charge in [-0.05, 0) is 54.1 Å². The fraction of sp³-hybridized carbons (Fsp3) is 0.0870. The van der Waals surface area contributed by atoms with Crippen molar-refractivity contribution in [3.05, 3.63) is 76.1 Å². The fourth-order valence-electron chi connectivity index (χ4n) is 3.64. The SMILES string of the molecule is CN(c1cc(Cl)cc(-c2c(C(N)=O)sc3ccc(NS(C)(=O)=O)cc23)c1)c1ccc(F)cc1F. The average Bonchev–Trinajstić information content (AvgIpc) is 3.11. The number of primary amides is 1. The topological polar surface area (TPSA) is 92.5 Å². The molecule has 0 bridgehead atoms. The van der Waals surface area contributed by atoms with E-state index in [-0.39, 0.29) is 10.6 Å². The minimum absolute atomic E-state index is 0.125. The minimum atomic E-state index is -3.52. The third-order valence-electron chi connectivity index (χ3n) is 5.04. The Labute approximate surface area is 203 Å². The Bertz CT molecular complexity index is 1550. The minimum Gasteiger partial charge on any atom is -0.365 e. The molecule has 0 unspecified atom stereocenters. The Kier molecular flexibility index (Phi) is 6.24. The first-order valence-corrected chi connectivity index (χ1v) is 12.9. The van der Waals surface area contributed by atoms with Gasteiger partial charge in [0.05, 0.1) is 11.9 Å². The third-order valence-corrected chi connectivity index (χ3v) is 7.05. The summed E-state index contributed by atoms with van der Waals surface area (Å²) >= 11 is 7.54. The van der Waals surface area contributed by atoms with Gasteiger partial charge >= 0.3 is 0 Å². The number of carbonyl (C=O) groups is 1. The maximum Gasteiger partial charge on any atom is 0.259 e. The van der Waals surface area contributed by atoms with Gasteiger partial charge in [0.2, 0.25) is 10.0 Å². The number of anilines is 3. The lowest BCUT2D eigenvalue weighted by Gasteiger charge is -2.21. The number of benzene rings is 3. The van der Waals surface area contributed by atoms with Crippen LogP contribution < -0.4 is 15.4 Å². The molecule has 34 heavy (non-hydrogen) atoms. The zero-order valence-electron chi connectivity index (χ0n) is 17.9. The Balaban J connectivity index is 1.91. The predicted octanol–water partition coefficient (Wildman–Crippen LogP) is 5.74.